The van der Waals surface area contributed by atoms with E-state index < -0.39 is 5.41 Å². The van der Waals surface area contributed by atoms with Crippen molar-refractivity contribution in [2.75, 3.05) is 13.7 Å². The van der Waals surface area contributed by atoms with E-state index in [9.17, 15) is 4.79 Å². The minimum Gasteiger partial charge on any atom is -0.384 e. The third-order valence-corrected chi connectivity index (χ3v) is 3.97. The fourth-order valence-corrected chi connectivity index (χ4v) is 2.60. The number of ketones is 1. The summed E-state index contributed by atoms with van der Waals surface area (Å²) >= 11 is 0. The average Bonchev–Trinajstić information content (AvgIpc) is 2.43. The second-order valence-corrected chi connectivity index (χ2v) is 5.54. The number of rotatable bonds is 8. The molecule has 0 aromatic heterocycles. The summed E-state index contributed by atoms with van der Waals surface area (Å²) in [7, 11) is 1.68. The van der Waals surface area contributed by atoms with Gasteiger partial charge in [-0.3, -0.25) is 4.79 Å². The molecule has 1 rings (SSSR count). The van der Waals surface area contributed by atoms with Gasteiger partial charge in [0.05, 0.1) is 12.0 Å². The van der Waals surface area contributed by atoms with Crippen LogP contribution in [-0.2, 0) is 4.74 Å². The lowest BCUT2D eigenvalue weighted by Crippen LogP contribution is -2.40. The van der Waals surface area contributed by atoms with Gasteiger partial charge in [-0.25, -0.2) is 0 Å². The minimum atomic E-state index is -0.397. The van der Waals surface area contributed by atoms with Gasteiger partial charge in [0.15, 0.2) is 5.78 Å². The Morgan fingerprint density at radius 3 is 2.37 bits per heavy atom. The fourth-order valence-electron chi connectivity index (χ4n) is 2.60. The molecule has 0 aliphatic carbocycles. The molecule has 2 heteroatoms. The molecule has 0 fully saturated rings. The monoisotopic (exact) mass is 262 g/mol. The summed E-state index contributed by atoms with van der Waals surface area (Å²) in [4.78, 5) is 12.9. The maximum Gasteiger partial charge on any atom is 0.171 e. The van der Waals surface area contributed by atoms with Crippen LogP contribution in [0.4, 0.5) is 0 Å². The van der Waals surface area contributed by atoms with Gasteiger partial charge in [-0.15, -0.1) is 0 Å². The van der Waals surface area contributed by atoms with E-state index in [2.05, 4.69) is 20.8 Å². The zero-order valence-corrected chi connectivity index (χ0v) is 12.6. The lowest BCUT2D eigenvalue weighted by molar-refractivity contribution is 0.0295. The smallest absolute Gasteiger partial charge is 0.171 e. The SMILES string of the molecule is CCCCC(COC)(C(=O)c1ccccc1)C(C)C. The van der Waals surface area contributed by atoms with E-state index in [-0.39, 0.29) is 11.7 Å². The number of carbonyl (C=O) groups excluding carboxylic acids is 1. The normalized spacial score (nSPS) is 14.4. The third kappa shape index (κ3) is 3.66. The maximum absolute atomic E-state index is 12.9. The van der Waals surface area contributed by atoms with E-state index in [0.717, 1.165) is 24.8 Å². The fraction of sp³-hybridized carbons (Fsp3) is 0.588. The number of benzene rings is 1. The maximum atomic E-state index is 12.9. The molecular weight excluding hydrogens is 236 g/mol. The van der Waals surface area contributed by atoms with E-state index in [1.165, 1.54) is 0 Å². The van der Waals surface area contributed by atoms with Crippen LogP contribution in [0.5, 0.6) is 0 Å². The Labute approximate surface area is 117 Å². The quantitative estimate of drug-likeness (QED) is 0.651. The highest BCUT2D eigenvalue weighted by Crippen LogP contribution is 2.37. The van der Waals surface area contributed by atoms with E-state index in [1.54, 1.807) is 7.11 Å². The summed E-state index contributed by atoms with van der Waals surface area (Å²) in [6.07, 6.45) is 3.04. The summed E-state index contributed by atoms with van der Waals surface area (Å²) in [6.45, 7) is 6.90. The minimum absolute atomic E-state index is 0.221. The summed E-state index contributed by atoms with van der Waals surface area (Å²) in [5.41, 5.74) is 0.399. The van der Waals surface area contributed by atoms with Crippen molar-refractivity contribution in [2.24, 2.45) is 11.3 Å². The zero-order chi connectivity index (χ0) is 14.3. The van der Waals surface area contributed by atoms with Crippen LogP contribution in [0.2, 0.25) is 0 Å². The van der Waals surface area contributed by atoms with Crippen LogP contribution in [0.25, 0.3) is 0 Å². The van der Waals surface area contributed by atoms with E-state index in [1.807, 2.05) is 30.3 Å². The molecule has 0 radical (unpaired) electrons. The van der Waals surface area contributed by atoms with Gasteiger partial charge in [0.2, 0.25) is 0 Å². The highest BCUT2D eigenvalue weighted by Gasteiger charge is 2.41. The molecule has 0 saturated carbocycles. The Morgan fingerprint density at radius 2 is 1.89 bits per heavy atom. The Balaban J connectivity index is 3.10. The van der Waals surface area contributed by atoms with Crippen molar-refractivity contribution in [2.45, 2.75) is 40.0 Å². The van der Waals surface area contributed by atoms with Gasteiger partial charge in [0, 0.05) is 12.7 Å². The van der Waals surface area contributed by atoms with Crippen molar-refractivity contribution in [3.63, 3.8) is 0 Å². The lowest BCUT2D eigenvalue weighted by atomic mass is 9.69. The van der Waals surface area contributed by atoms with Gasteiger partial charge in [-0.1, -0.05) is 63.9 Å². The van der Waals surface area contributed by atoms with Crippen molar-refractivity contribution in [3.05, 3.63) is 35.9 Å². The highest BCUT2D eigenvalue weighted by molar-refractivity contribution is 6.00. The first kappa shape index (κ1) is 15.9. The van der Waals surface area contributed by atoms with Crippen molar-refractivity contribution >= 4 is 5.78 Å². The molecule has 0 N–H and O–H groups in total. The summed E-state index contributed by atoms with van der Waals surface area (Å²) in [5.74, 6) is 0.491. The Bertz CT molecular complexity index is 384. The summed E-state index contributed by atoms with van der Waals surface area (Å²) < 4.78 is 5.39. The van der Waals surface area contributed by atoms with Crippen LogP contribution in [0.3, 0.4) is 0 Å². The topological polar surface area (TPSA) is 26.3 Å². The molecule has 2 nitrogen and oxygen atoms in total. The van der Waals surface area contributed by atoms with Gasteiger partial charge in [-0.05, 0) is 12.3 Å². The van der Waals surface area contributed by atoms with Gasteiger partial charge in [0.25, 0.3) is 0 Å². The van der Waals surface area contributed by atoms with Crippen molar-refractivity contribution < 1.29 is 9.53 Å². The molecule has 0 saturated heterocycles. The molecule has 0 aliphatic rings. The van der Waals surface area contributed by atoms with Crippen LogP contribution in [0.15, 0.2) is 30.3 Å². The summed E-state index contributed by atoms with van der Waals surface area (Å²) in [5, 5.41) is 0. The number of unbranched alkanes of at least 4 members (excludes halogenated alkanes) is 1. The predicted octanol–water partition coefficient (Wildman–Crippen LogP) is 4.35. The molecular formula is C17H26O2. The van der Waals surface area contributed by atoms with Crippen LogP contribution in [0.1, 0.15) is 50.4 Å². The molecule has 0 bridgehead atoms. The first-order valence-corrected chi connectivity index (χ1v) is 7.17. The molecule has 1 unspecified atom stereocenters. The lowest BCUT2D eigenvalue weighted by Gasteiger charge is -2.35. The Hall–Kier alpha value is -1.15. The molecule has 0 aliphatic heterocycles. The van der Waals surface area contributed by atoms with E-state index in [0.29, 0.717) is 6.61 Å². The predicted molar refractivity (Wildman–Crippen MR) is 79.4 cm³/mol. The Morgan fingerprint density at radius 1 is 1.26 bits per heavy atom. The molecule has 19 heavy (non-hydrogen) atoms. The molecule has 106 valence electrons. The molecule has 1 atom stereocenters. The number of hydrogen-bond donors (Lipinski definition) is 0. The standard InChI is InChI=1S/C17H26O2/c1-5-6-12-17(13-19-4,14(2)3)16(18)15-10-8-7-9-11-15/h7-11,14H,5-6,12-13H2,1-4H3. The van der Waals surface area contributed by atoms with Crippen molar-refractivity contribution in [1.29, 1.82) is 0 Å². The van der Waals surface area contributed by atoms with Crippen LogP contribution in [0, 0.1) is 11.3 Å². The molecule has 1 aromatic carbocycles. The molecule has 0 spiro atoms. The van der Waals surface area contributed by atoms with Crippen molar-refractivity contribution in [3.8, 4) is 0 Å². The van der Waals surface area contributed by atoms with Gasteiger partial charge in [0.1, 0.15) is 0 Å². The second-order valence-electron chi connectivity index (χ2n) is 5.54. The Kier molecular flexibility index (Phi) is 6.23. The van der Waals surface area contributed by atoms with Crippen LogP contribution in [-0.4, -0.2) is 19.5 Å². The zero-order valence-electron chi connectivity index (χ0n) is 12.6. The number of Topliss-reactive ketones (excluding diaryl/α,β-unsaturated/α-hetero) is 1. The van der Waals surface area contributed by atoms with Gasteiger partial charge < -0.3 is 4.74 Å². The summed E-state index contributed by atoms with van der Waals surface area (Å²) in [6, 6.07) is 9.59. The largest absolute Gasteiger partial charge is 0.384 e. The highest BCUT2D eigenvalue weighted by atomic mass is 16.5. The second kappa shape index (κ2) is 7.44. The number of carbonyl (C=O) groups is 1. The molecule has 0 heterocycles. The van der Waals surface area contributed by atoms with E-state index in [4.69, 9.17) is 4.74 Å². The first-order chi connectivity index (χ1) is 9.08. The van der Waals surface area contributed by atoms with Crippen LogP contribution < -0.4 is 0 Å². The van der Waals surface area contributed by atoms with Crippen molar-refractivity contribution in [1.82, 2.24) is 0 Å². The molecule has 1 aromatic rings. The number of ether oxygens (including phenoxy) is 1. The molecule has 0 amide bonds. The van der Waals surface area contributed by atoms with Gasteiger partial charge in [-0.2, -0.15) is 0 Å². The third-order valence-electron chi connectivity index (χ3n) is 3.97. The number of hydrogen-bond acceptors (Lipinski definition) is 2. The van der Waals surface area contributed by atoms with Crippen LogP contribution >= 0.6 is 0 Å². The van der Waals surface area contributed by atoms with Gasteiger partial charge >= 0.3 is 0 Å². The first-order valence-electron chi connectivity index (χ1n) is 7.17. The number of methoxy groups -OCH3 is 1. The van der Waals surface area contributed by atoms with E-state index >= 15 is 0 Å². The average molecular weight is 262 g/mol.